The number of ether oxygens (including phenoxy) is 1. The van der Waals surface area contributed by atoms with Gasteiger partial charge in [0.1, 0.15) is 5.75 Å². The summed E-state index contributed by atoms with van der Waals surface area (Å²) < 4.78 is 5.35. The SMILES string of the molecule is COc1cccc2c1N(C(=O)CCCC(=O)O)CCC2. The fourth-order valence-electron chi connectivity index (χ4n) is 2.56. The lowest BCUT2D eigenvalue weighted by Crippen LogP contribution is -2.35. The van der Waals surface area contributed by atoms with Crippen molar-refractivity contribution in [1.29, 1.82) is 0 Å². The van der Waals surface area contributed by atoms with E-state index in [9.17, 15) is 9.59 Å². The second-order valence-electron chi connectivity index (χ2n) is 4.86. The third-order valence-corrected chi connectivity index (χ3v) is 3.48. The number of aryl methyl sites for hydroxylation is 1. The summed E-state index contributed by atoms with van der Waals surface area (Å²) in [7, 11) is 1.59. The fourth-order valence-corrected chi connectivity index (χ4v) is 2.56. The fraction of sp³-hybridized carbons (Fsp3) is 0.467. The van der Waals surface area contributed by atoms with E-state index in [-0.39, 0.29) is 18.7 Å². The van der Waals surface area contributed by atoms with Gasteiger partial charge in [0.05, 0.1) is 12.8 Å². The van der Waals surface area contributed by atoms with E-state index in [2.05, 4.69) is 0 Å². The van der Waals surface area contributed by atoms with Crippen LogP contribution in [0, 0.1) is 0 Å². The summed E-state index contributed by atoms with van der Waals surface area (Å²) in [6.07, 6.45) is 2.51. The van der Waals surface area contributed by atoms with Gasteiger partial charge in [-0.05, 0) is 30.9 Å². The first-order chi connectivity index (χ1) is 9.63. The molecule has 2 rings (SSSR count). The van der Waals surface area contributed by atoms with Crippen LogP contribution in [0.1, 0.15) is 31.2 Å². The van der Waals surface area contributed by atoms with Gasteiger partial charge in [-0.1, -0.05) is 12.1 Å². The highest BCUT2D eigenvalue weighted by Gasteiger charge is 2.25. The molecule has 0 fully saturated rings. The molecular formula is C15H19NO4. The van der Waals surface area contributed by atoms with Crippen molar-refractivity contribution in [2.45, 2.75) is 32.1 Å². The minimum atomic E-state index is -0.866. The molecule has 0 radical (unpaired) electrons. The molecule has 1 aliphatic rings. The lowest BCUT2D eigenvalue weighted by atomic mass is 10.0. The van der Waals surface area contributed by atoms with Gasteiger partial charge >= 0.3 is 5.97 Å². The van der Waals surface area contributed by atoms with Crippen molar-refractivity contribution < 1.29 is 19.4 Å². The predicted octanol–water partition coefficient (Wildman–Crippen LogP) is 2.23. The zero-order valence-electron chi connectivity index (χ0n) is 11.6. The number of amides is 1. The first kappa shape index (κ1) is 14.4. The van der Waals surface area contributed by atoms with E-state index < -0.39 is 5.97 Å². The topological polar surface area (TPSA) is 66.8 Å². The van der Waals surface area contributed by atoms with Crippen molar-refractivity contribution in [3.63, 3.8) is 0 Å². The summed E-state index contributed by atoms with van der Waals surface area (Å²) in [5, 5.41) is 8.63. The Hall–Kier alpha value is -2.04. The molecule has 0 saturated carbocycles. The molecule has 0 saturated heterocycles. The maximum absolute atomic E-state index is 12.3. The predicted molar refractivity (Wildman–Crippen MR) is 75.2 cm³/mol. The van der Waals surface area contributed by atoms with Crippen molar-refractivity contribution >= 4 is 17.6 Å². The van der Waals surface area contributed by atoms with Crippen molar-refractivity contribution in [1.82, 2.24) is 0 Å². The van der Waals surface area contributed by atoms with E-state index in [4.69, 9.17) is 9.84 Å². The zero-order chi connectivity index (χ0) is 14.5. The number of carbonyl (C=O) groups excluding carboxylic acids is 1. The van der Waals surface area contributed by atoms with Crippen LogP contribution in [0.15, 0.2) is 18.2 Å². The van der Waals surface area contributed by atoms with E-state index in [0.717, 1.165) is 24.1 Å². The molecule has 0 bridgehead atoms. The highest BCUT2D eigenvalue weighted by Crippen LogP contribution is 2.36. The summed E-state index contributed by atoms with van der Waals surface area (Å²) in [6.45, 7) is 0.666. The van der Waals surface area contributed by atoms with Crippen molar-refractivity contribution in [2.75, 3.05) is 18.6 Å². The van der Waals surface area contributed by atoms with Gasteiger partial charge in [-0.3, -0.25) is 9.59 Å². The van der Waals surface area contributed by atoms with Crippen LogP contribution in [0.3, 0.4) is 0 Å². The summed E-state index contributed by atoms with van der Waals surface area (Å²) in [4.78, 5) is 24.5. The number of aliphatic carboxylic acids is 1. The van der Waals surface area contributed by atoms with Crippen LogP contribution < -0.4 is 9.64 Å². The van der Waals surface area contributed by atoms with Crippen LogP contribution in [0.5, 0.6) is 5.75 Å². The van der Waals surface area contributed by atoms with E-state index in [1.54, 1.807) is 12.0 Å². The molecule has 0 unspecified atom stereocenters. The molecule has 20 heavy (non-hydrogen) atoms. The van der Waals surface area contributed by atoms with E-state index in [0.29, 0.717) is 18.7 Å². The number of fused-ring (bicyclic) bond motifs is 1. The Balaban J connectivity index is 2.15. The van der Waals surface area contributed by atoms with Gasteiger partial charge in [0.25, 0.3) is 0 Å². The average molecular weight is 277 g/mol. The lowest BCUT2D eigenvalue weighted by Gasteiger charge is -2.31. The second kappa shape index (κ2) is 6.41. The number of rotatable bonds is 5. The number of methoxy groups -OCH3 is 1. The number of hydrogen-bond donors (Lipinski definition) is 1. The number of carboxylic acids is 1. The first-order valence-electron chi connectivity index (χ1n) is 6.81. The molecule has 0 atom stereocenters. The summed E-state index contributed by atoms with van der Waals surface area (Å²) in [5.74, 6) is -0.195. The van der Waals surface area contributed by atoms with Gasteiger partial charge in [0, 0.05) is 19.4 Å². The lowest BCUT2D eigenvalue weighted by molar-refractivity contribution is -0.137. The second-order valence-corrected chi connectivity index (χ2v) is 4.86. The molecule has 108 valence electrons. The third kappa shape index (κ3) is 3.10. The van der Waals surface area contributed by atoms with Crippen LogP contribution in [-0.2, 0) is 16.0 Å². The van der Waals surface area contributed by atoms with Crippen LogP contribution in [-0.4, -0.2) is 30.6 Å². The molecule has 5 heteroatoms. The van der Waals surface area contributed by atoms with Gasteiger partial charge in [-0.25, -0.2) is 0 Å². The Kier molecular flexibility index (Phi) is 4.61. The van der Waals surface area contributed by atoms with Crippen molar-refractivity contribution in [3.05, 3.63) is 23.8 Å². The highest BCUT2D eigenvalue weighted by atomic mass is 16.5. The maximum atomic E-state index is 12.3. The number of anilines is 1. The summed E-state index contributed by atoms with van der Waals surface area (Å²) in [6, 6.07) is 5.78. The molecule has 1 heterocycles. The van der Waals surface area contributed by atoms with Gasteiger partial charge < -0.3 is 14.7 Å². The number of nitrogens with zero attached hydrogens (tertiary/aromatic N) is 1. The van der Waals surface area contributed by atoms with Crippen molar-refractivity contribution in [3.8, 4) is 5.75 Å². The summed E-state index contributed by atoms with van der Waals surface area (Å²) >= 11 is 0. The Morgan fingerprint density at radius 3 is 2.85 bits per heavy atom. The highest BCUT2D eigenvalue weighted by molar-refractivity contribution is 5.96. The monoisotopic (exact) mass is 277 g/mol. The Bertz CT molecular complexity index is 498. The van der Waals surface area contributed by atoms with Crippen LogP contribution in [0.2, 0.25) is 0 Å². The normalized spacial score (nSPS) is 13.8. The smallest absolute Gasteiger partial charge is 0.303 e. The van der Waals surface area contributed by atoms with Crippen LogP contribution >= 0.6 is 0 Å². The van der Waals surface area contributed by atoms with Gasteiger partial charge in [-0.2, -0.15) is 0 Å². The van der Waals surface area contributed by atoms with E-state index in [1.165, 1.54) is 0 Å². The molecule has 0 aliphatic carbocycles. The van der Waals surface area contributed by atoms with E-state index in [1.807, 2.05) is 18.2 Å². The number of carboxylic acid groups (broad SMARTS) is 1. The molecule has 1 aromatic rings. The van der Waals surface area contributed by atoms with Crippen LogP contribution in [0.4, 0.5) is 5.69 Å². The molecule has 1 aliphatic heterocycles. The number of hydrogen-bond acceptors (Lipinski definition) is 3. The Morgan fingerprint density at radius 1 is 1.35 bits per heavy atom. The number of para-hydroxylation sites is 1. The molecule has 5 nitrogen and oxygen atoms in total. The molecule has 1 N–H and O–H groups in total. The average Bonchev–Trinajstić information content (AvgIpc) is 2.45. The molecule has 0 spiro atoms. The van der Waals surface area contributed by atoms with Crippen LogP contribution in [0.25, 0.3) is 0 Å². The summed E-state index contributed by atoms with van der Waals surface area (Å²) in [5.41, 5.74) is 1.96. The minimum Gasteiger partial charge on any atom is -0.495 e. The maximum Gasteiger partial charge on any atom is 0.303 e. The quantitative estimate of drug-likeness (QED) is 0.896. The molecule has 0 aromatic heterocycles. The first-order valence-corrected chi connectivity index (χ1v) is 6.81. The molecular weight excluding hydrogens is 258 g/mol. The van der Waals surface area contributed by atoms with Gasteiger partial charge in [0.2, 0.25) is 5.91 Å². The largest absolute Gasteiger partial charge is 0.495 e. The minimum absolute atomic E-state index is 0.0262. The third-order valence-electron chi connectivity index (χ3n) is 3.48. The number of benzene rings is 1. The molecule has 1 amide bonds. The Morgan fingerprint density at radius 2 is 2.15 bits per heavy atom. The zero-order valence-corrected chi connectivity index (χ0v) is 11.6. The van der Waals surface area contributed by atoms with Gasteiger partial charge in [0.15, 0.2) is 0 Å². The van der Waals surface area contributed by atoms with Crippen molar-refractivity contribution in [2.24, 2.45) is 0 Å². The standard InChI is InChI=1S/C15H19NO4/c1-20-12-7-2-5-11-6-4-10-16(15(11)12)13(17)8-3-9-14(18)19/h2,5,7H,3-4,6,8-10H2,1H3,(H,18,19). The molecule has 1 aromatic carbocycles. The Labute approximate surface area is 118 Å². The van der Waals surface area contributed by atoms with E-state index >= 15 is 0 Å². The van der Waals surface area contributed by atoms with Gasteiger partial charge in [-0.15, -0.1) is 0 Å². The number of carbonyl (C=O) groups is 2.